The van der Waals surface area contributed by atoms with Crippen molar-refractivity contribution in [2.75, 3.05) is 13.2 Å². The average molecular weight is 145 g/mol. The molecule has 0 spiro atoms. The lowest BCUT2D eigenvalue weighted by atomic mass is 10.1. The molecule has 0 atom stereocenters. The van der Waals surface area contributed by atoms with Crippen LogP contribution in [0.2, 0.25) is 0 Å². The molecule has 0 saturated carbocycles. The summed E-state index contributed by atoms with van der Waals surface area (Å²) in [6.07, 6.45) is 0.760. The van der Waals surface area contributed by atoms with Gasteiger partial charge >= 0.3 is 0 Å². The van der Waals surface area contributed by atoms with E-state index in [2.05, 4.69) is 0 Å². The van der Waals surface area contributed by atoms with Gasteiger partial charge in [-0.2, -0.15) is 0 Å². The highest BCUT2D eigenvalue weighted by Crippen LogP contribution is 2.08. The Balaban J connectivity index is 3.93. The first-order valence-electron chi connectivity index (χ1n) is 3.35. The Morgan fingerprint density at radius 3 is 2.10 bits per heavy atom. The number of nitrogens with zero attached hydrogens (tertiary/aromatic N) is 1. The van der Waals surface area contributed by atoms with Crippen LogP contribution >= 0.6 is 0 Å². The molecule has 3 nitrogen and oxygen atoms in total. The van der Waals surface area contributed by atoms with Crippen molar-refractivity contribution >= 4 is 6.41 Å². The van der Waals surface area contributed by atoms with Crippen LogP contribution in [-0.4, -0.2) is 35.1 Å². The zero-order valence-electron chi connectivity index (χ0n) is 6.79. The zero-order chi connectivity index (χ0) is 8.20. The molecule has 0 rings (SSSR count). The minimum absolute atomic E-state index is 0.0238. The number of rotatable bonds is 3. The summed E-state index contributed by atoms with van der Waals surface area (Å²) in [7, 11) is 0. The predicted octanol–water partition coefficient (Wildman–Crippen LogP) is 0.236. The van der Waals surface area contributed by atoms with Crippen LogP contribution in [0, 0.1) is 0 Å². The minimum Gasteiger partial charge on any atom is -0.395 e. The van der Waals surface area contributed by atoms with Gasteiger partial charge in [-0.3, -0.25) is 4.79 Å². The van der Waals surface area contributed by atoms with E-state index >= 15 is 0 Å². The van der Waals surface area contributed by atoms with E-state index in [0.29, 0.717) is 6.54 Å². The van der Waals surface area contributed by atoms with Crippen molar-refractivity contribution < 1.29 is 9.90 Å². The van der Waals surface area contributed by atoms with Crippen molar-refractivity contribution in [1.82, 2.24) is 4.90 Å². The van der Waals surface area contributed by atoms with Crippen LogP contribution in [0.15, 0.2) is 0 Å². The van der Waals surface area contributed by atoms with Crippen LogP contribution in [0.5, 0.6) is 0 Å². The summed E-state index contributed by atoms with van der Waals surface area (Å²) in [6.45, 7) is 6.22. The van der Waals surface area contributed by atoms with Crippen molar-refractivity contribution in [3.8, 4) is 0 Å². The van der Waals surface area contributed by atoms with E-state index in [4.69, 9.17) is 5.11 Å². The van der Waals surface area contributed by atoms with Crippen LogP contribution in [0.3, 0.4) is 0 Å². The number of carbonyl (C=O) groups is 1. The van der Waals surface area contributed by atoms with Crippen molar-refractivity contribution in [2.45, 2.75) is 26.3 Å². The molecular formula is C7H15NO2. The SMILES string of the molecule is CC(C)(C)N(C=O)CCO. The van der Waals surface area contributed by atoms with Gasteiger partial charge in [0.15, 0.2) is 0 Å². The Morgan fingerprint density at radius 1 is 1.50 bits per heavy atom. The molecule has 0 aliphatic carbocycles. The van der Waals surface area contributed by atoms with Crippen LogP contribution in [0.25, 0.3) is 0 Å². The maximum Gasteiger partial charge on any atom is 0.210 e. The normalized spacial score (nSPS) is 11.2. The van der Waals surface area contributed by atoms with Crippen molar-refractivity contribution in [3.05, 3.63) is 0 Å². The fourth-order valence-electron chi connectivity index (χ4n) is 0.654. The molecule has 10 heavy (non-hydrogen) atoms. The molecule has 1 amide bonds. The molecule has 60 valence electrons. The van der Waals surface area contributed by atoms with E-state index in [-0.39, 0.29) is 12.1 Å². The Morgan fingerprint density at radius 2 is 2.00 bits per heavy atom. The molecular weight excluding hydrogens is 130 g/mol. The number of β-amino-alcohol motifs (C(OH)–C–C–N with tert-alkyl or cyclic N) is 1. The van der Waals surface area contributed by atoms with Gasteiger partial charge < -0.3 is 10.0 Å². The highest BCUT2D eigenvalue weighted by molar-refractivity contribution is 5.48. The van der Waals surface area contributed by atoms with Gasteiger partial charge in [-0.25, -0.2) is 0 Å². The van der Waals surface area contributed by atoms with Crippen LogP contribution < -0.4 is 0 Å². The second-order valence-electron chi connectivity index (χ2n) is 3.19. The van der Waals surface area contributed by atoms with E-state index in [0.717, 1.165) is 6.41 Å². The summed E-state index contributed by atoms with van der Waals surface area (Å²) in [5.41, 5.74) is -0.176. The topological polar surface area (TPSA) is 40.5 Å². The molecule has 0 heterocycles. The monoisotopic (exact) mass is 145 g/mol. The molecule has 3 heteroatoms. The Bertz CT molecular complexity index is 107. The van der Waals surface area contributed by atoms with E-state index in [9.17, 15) is 4.79 Å². The van der Waals surface area contributed by atoms with Gasteiger partial charge in [0.1, 0.15) is 0 Å². The van der Waals surface area contributed by atoms with Gasteiger partial charge in [-0.1, -0.05) is 0 Å². The van der Waals surface area contributed by atoms with E-state index in [1.54, 1.807) is 4.90 Å². The Hall–Kier alpha value is -0.570. The largest absolute Gasteiger partial charge is 0.395 e. The smallest absolute Gasteiger partial charge is 0.210 e. The molecule has 0 aromatic carbocycles. The lowest BCUT2D eigenvalue weighted by Gasteiger charge is -2.31. The van der Waals surface area contributed by atoms with Gasteiger partial charge in [0.2, 0.25) is 6.41 Å². The summed E-state index contributed by atoms with van der Waals surface area (Å²) < 4.78 is 0. The third-order valence-electron chi connectivity index (χ3n) is 1.33. The van der Waals surface area contributed by atoms with Crippen LogP contribution in [0.4, 0.5) is 0 Å². The average Bonchev–Trinajstić information content (AvgIpc) is 1.80. The minimum atomic E-state index is -0.176. The summed E-state index contributed by atoms with van der Waals surface area (Å²) >= 11 is 0. The molecule has 0 unspecified atom stereocenters. The summed E-state index contributed by atoms with van der Waals surface area (Å²) in [5.74, 6) is 0. The Labute approximate surface area is 61.6 Å². The third-order valence-corrected chi connectivity index (χ3v) is 1.33. The number of hydrogen-bond acceptors (Lipinski definition) is 2. The quantitative estimate of drug-likeness (QED) is 0.578. The molecule has 0 fully saturated rings. The Kier molecular flexibility index (Phi) is 3.36. The second-order valence-corrected chi connectivity index (χ2v) is 3.19. The molecule has 0 aromatic rings. The number of amides is 1. The molecule has 0 aromatic heterocycles. The summed E-state index contributed by atoms with van der Waals surface area (Å²) in [4.78, 5) is 11.9. The number of carbonyl (C=O) groups excluding carboxylic acids is 1. The summed E-state index contributed by atoms with van der Waals surface area (Å²) in [6, 6.07) is 0. The molecule has 1 N–H and O–H groups in total. The van der Waals surface area contributed by atoms with Crippen molar-refractivity contribution in [3.63, 3.8) is 0 Å². The van der Waals surface area contributed by atoms with Gasteiger partial charge in [0, 0.05) is 12.1 Å². The first-order chi connectivity index (χ1) is 4.52. The van der Waals surface area contributed by atoms with Gasteiger partial charge in [0.25, 0.3) is 0 Å². The maximum absolute atomic E-state index is 10.4. The zero-order valence-corrected chi connectivity index (χ0v) is 6.79. The fraction of sp³-hybridized carbons (Fsp3) is 0.857. The number of aliphatic hydroxyl groups excluding tert-OH is 1. The molecule has 0 saturated heterocycles. The van der Waals surface area contributed by atoms with Gasteiger partial charge in [0.05, 0.1) is 6.61 Å². The lowest BCUT2D eigenvalue weighted by molar-refractivity contribution is -0.122. The maximum atomic E-state index is 10.4. The first-order valence-corrected chi connectivity index (χ1v) is 3.35. The van der Waals surface area contributed by atoms with Crippen molar-refractivity contribution in [1.29, 1.82) is 0 Å². The van der Waals surface area contributed by atoms with E-state index < -0.39 is 0 Å². The van der Waals surface area contributed by atoms with E-state index in [1.165, 1.54) is 0 Å². The van der Waals surface area contributed by atoms with Crippen LogP contribution in [-0.2, 0) is 4.79 Å². The lowest BCUT2D eigenvalue weighted by Crippen LogP contribution is -2.41. The first kappa shape index (κ1) is 9.43. The highest BCUT2D eigenvalue weighted by Gasteiger charge is 2.17. The number of hydrogen-bond donors (Lipinski definition) is 1. The van der Waals surface area contributed by atoms with E-state index in [1.807, 2.05) is 20.8 Å². The third kappa shape index (κ3) is 2.82. The molecule has 0 bridgehead atoms. The van der Waals surface area contributed by atoms with Crippen LogP contribution in [0.1, 0.15) is 20.8 Å². The van der Waals surface area contributed by atoms with Gasteiger partial charge in [-0.05, 0) is 20.8 Å². The molecule has 0 radical (unpaired) electrons. The standard InChI is InChI=1S/C7H15NO2/c1-7(2,3)8(6-10)4-5-9/h6,9H,4-5H2,1-3H3. The second kappa shape index (κ2) is 3.56. The highest BCUT2D eigenvalue weighted by atomic mass is 16.3. The predicted molar refractivity (Wildman–Crippen MR) is 39.6 cm³/mol. The van der Waals surface area contributed by atoms with Gasteiger partial charge in [-0.15, -0.1) is 0 Å². The number of aliphatic hydroxyl groups is 1. The van der Waals surface area contributed by atoms with Crippen molar-refractivity contribution in [2.24, 2.45) is 0 Å². The fourth-order valence-corrected chi connectivity index (χ4v) is 0.654. The molecule has 0 aliphatic rings. The summed E-state index contributed by atoms with van der Waals surface area (Å²) in [5, 5.41) is 8.53. The molecule has 0 aliphatic heterocycles.